The Bertz CT molecular complexity index is 554. The first kappa shape index (κ1) is 12.3. The molecule has 2 aromatic rings. The van der Waals surface area contributed by atoms with E-state index >= 15 is 0 Å². The van der Waals surface area contributed by atoms with E-state index in [9.17, 15) is 4.79 Å². The summed E-state index contributed by atoms with van der Waals surface area (Å²) in [5, 5.41) is 3.44. The number of carbonyl (C=O) groups excluding carboxylic acids is 1. The van der Waals surface area contributed by atoms with Crippen molar-refractivity contribution < 1.29 is 4.79 Å². The molecule has 4 nitrogen and oxygen atoms in total. The molecule has 90 valence electrons. The van der Waals surface area contributed by atoms with Crippen LogP contribution in [0.1, 0.15) is 21.1 Å². The molecule has 17 heavy (non-hydrogen) atoms. The van der Waals surface area contributed by atoms with Crippen LogP contribution in [0.3, 0.4) is 0 Å². The number of aryl methyl sites for hydroxylation is 3. The van der Waals surface area contributed by atoms with E-state index in [0.29, 0.717) is 10.8 Å². The molecule has 0 bridgehead atoms. The number of aromatic nitrogens is 2. The Balaban J connectivity index is 2.19. The molecule has 0 fully saturated rings. The number of nitrogens with one attached hydrogen (secondary N) is 1. The van der Waals surface area contributed by atoms with Crippen molar-refractivity contribution >= 4 is 38.3 Å². The van der Waals surface area contributed by atoms with Gasteiger partial charge in [0.2, 0.25) is 0 Å². The Hall–Kier alpha value is -1.14. The van der Waals surface area contributed by atoms with E-state index in [4.69, 9.17) is 0 Å². The van der Waals surface area contributed by atoms with Crippen LogP contribution in [0.25, 0.3) is 0 Å². The summed E-state index contributed by atoms with van der Waals surface area (Å²) in [7, 11) is 1.83. The van der Waals surface area contributed by atoms with Gasteiger partial charge in [0, 0.05) is 22.6 Å². The van der Waals surface area contributed by atoms with E-state index in [1.165, 1.54) is 11.3 Å². The summed E-state index contributed by atoms with van der Waals surface area (Å²) < 4.78 is 2.66. The van der Waals surface area contributed by atoms with Crippen LogP contribution in [0.2, 0.25) is 0 Å². The molecule has 0 atom stereocenters. The quantitative estimate of drug-likeness (QED) is 0.926. The summed E-state index contributed by atoms with van der Waals surface area (Å²) in [4.78, 5) is 17.4. The molecular formula is C11H12BrN3OS. The average Bonchev–Trinajstić information content (AvgIpc) is 2.71. The van der Waals surface area contributed by atoms with E-state index in [0.717, 1.165) is 15.0 Å². The molecule has 1 N–H and O–H groups in total. The number of amides is 1. The highest BCUT2D eigenvalue weighted by molar-refractivity contribution is 9.10. The molecule has 2 aromatic heterocycles. The first-order valence-electron chi connectivity index (χ1n) is 5.04. The number of carbonyl (C=O) groups is 1. The van der Waals surface area contributed by atoms with Crippen molar-refractivity contribution in [1.82, 2.24) is 9.55 Å². The molecule has 0 aliphatic heterocycles. The summed E-state index contributed by atoms with van der Waals surface area (Å²) in [6.07, 6.45) is 1.84. The van der Waals surface area contributed by atoms with Crippen molar-refractivity contribution in [3.05, 3.63) is 33.0 Å². The van der Waals surface area contributed by atoms with Gasteiger partial charge in [0.15, 0.2) is 5.13 Å². The maximum absolute atomic E-state index is 12.0. The van der Waals surface area contributed by atoms with Crippen molar-refractivity contribution in [1.29, 1.82) is 0 Å². The lowest BCUT2D eigenvalue weighted by Crippen LogP contribution is -2.15. The largest absolute Gasteiger partial charge is 0.345 e. The van der Waals surface area contributed by atoms with Crippen molar-refractivity contribution in [2.24, 2.45) is 7.05 Å². The number of anilines is 1. The lowest BCUT2D eigenvalue weighted by atomic mass is 10.4. The molecule has 0 saturated heterocycles. The fourth-order valence-electron chi connectivity index (χ4n) is 1.44. The average molecular weight is 314 g/mol. The molecule has 2 rings (SSSR count). The van der Waals surface area contributed by atoms with Gasteiger partial charge in [0.1, 0.15) is 5.69 Å². The standard InChI is InChI=1S/C11H12BrN3OS/c1-6-7(2)17-11(13-6)14-10(16)9-4-8(12)5-15(9)3/h4-5H,1-3H3,(H,13,14,16). The summed E-state index contributed by atoms with van der Waals surface area (Å²) in [6.45, 7) is 3.92. The van der Waals surface area contributed by atoms with Gasteiger partial charge in [0.05, 0.1) is 5.69 Å². The number of thiazole rings is 1. The smallest absolute Gasteiger partial charge is 0.274 e. The van der Waals surface area contributed by atoms with Crippen molar-refractivity contribution in [3.8, 4) is 0 Å². The molecule has 0 aliphatic rings. The number of halogens is 1. The second kappa shape index (κ2) is 4.62. The minimum absolute atomic E-state index is 0.146. The monoisotopic (exact) mass is 313 g/mol. The third-order valence-corrected chi connectivity index (χ3v) is 3.88. The summed E-state index contributed by atoms with van der Waals surface area (Å²) in [5.74, 6) is -0.146. The minimum atomic E-state index is -0.146. The topological polar surface area (TPSA) is 46.9 Å². The normalized spacial score (nSPS) is 10.6. The predicted octanol–water partition coefficient (Wildman–Crippen LogP) is 3.11. The van der Waals surface area contributed by atoms with Crippen LogP contribution in [-0.4, -0.2) is 15.5 Å². The second-order valence-corrected chi connectivity index (χ2v) is 5.89. The van der Waals surface area contributed by atoms with Gasteiger partial charge in [-0.25, -0.2) is 4.98 Å². The molecule has 0 spiro atoms. The molecule has 0 saturated carbocycles. The van der Waals surface area contributed by atoms with Gasteiger partial charge in [-0.15, -0.1) is 11.3 Å². The van der Waals surface area contributed by atoms with Gasteiger partial charge in [0.25, 0.3) is 5.91 Å². The van der Waals surface area contributed by atoms with Crippen LogP contribution in [0.4, 0.5) is 5.13 Å². The van der Waals surface area contributed by atoms with Crippen molar-refractivity contribution in [3.63, 3.8) is 0 Å². The SMILES string of the molecule is Cc1nc(NC(=O)c2cc(Br)cn2C)sc1C. The predicted molar refractivity (Wildman–Crippen MR) is 72.7 cm³/mol. The molecule has 2 heterocycles. The van der Waals surface area contributed by atoms with E-state index in [2.05, 4.69) is 26.2 Å². The summed E-state index contributed by atoms with van der Waals surface area (Å²) >= 11 is 4.82. The van der Waals surface area contributed by atoms with Gasteiger partial charge in [-0.05, 0) is 35.8 Å². The Morgan fingerprint density at radius 3 is 2.71 bits per heavy atom. The van der Waals surface area contributed by atoms with E-state index in [1.54, 1.807) is 10.6 Å². The Labute approximate surface area is 112 Å². The van der Waals surface area contributed by atoms with Crippen LogP contribution >= 0.6 is 27.3 Å². The first-order valence-corrected chi connectivity index (χ1v) is 6.65. The number of hydrogen-bond acceptors (Lipinski definition) is 3. The number of nitrogens with zero attached hydrogens (tertiary/aromatic N) is 2. The summed E-state index contributed by atoms with van der Waals surface area (Å²) in [5.41, 5.74) is 1.56. The fourth-order valence-corrected chi connectivity index (χ4v) is 2.77. The van der Waals surface area contributed by atoms with Gasteiger partial charge in [-0.2, -0.15) is 0 Å². The zero-order chi connectivity index (χ0) is 12.6. The Morgan fingerprint density at radius 1 is 1.53 bits per heavy atom. The number of rotatable bonds is 2. The van der Waals surface area contributed by atoms with E-state index in [-0.39, 0.29) is 5.91 Å². The van der Waals surface area contributed by atoms with E-state index in [1.807, 2.05) is 27.1 Å². The lowest BCUT2D eigenvalue weighted by molar-refractivity contribution is 0.101. The maximum Gasteiger partial charge on any atom is 0.274 e. The summed E-state index contributed by atoms with van der Waals surface area (Å²) in [6, 6.07) is 1.78. The third-order valence-electron chi connectivity index (χ3n) is 2.45. The zero-order valence-electron chi connectivity index (χ0n) is 9.74. The highest BCUT2D eigenvalue weighted by Gasteiger charge is 2.13. The Morgan fingerprint density at radius 2 is 2.24 bits per heavy atom. The lowest BCUT2D eigenvalue weighted by Gasteiger charge is -2.02. The van der Waals surface area contributed by atoms with Crippen molar-refractivity contribution in [2.45, 2.75) is 13.8 Å². The molecule has 1 amide bonds. The molecule has 0 aliphatic carbocycles. The molecule has 6 heteroatoms. The zero-order valence-corrected chi connectivity index (χ0v) is 12.1. The highest BCUT2D eigenvalue weighted by Crippen LogP contribution is 2.22. The van der Waals surface area contributed by atoms with Gasteiger partial charge in [-0.1, -0.05) is 0 Å². The van der Waals surface area contributed by atoms with Gasteiger partial charge >= 0.3 is 0 Å². The highest BCUT2D eigenvalue weighted by atomic mass is 79.9. The first-order chi connectivity index (χ1) is 7.97. The van der Waals surface area contributed by atoms with Crippen LogP contribution in [0, 0.1) is 13.8 Å². The number of hydrogen-bond donors (Lipinski definition) is 1. The fraction of sp³-hybridized carbons (Fsp3) is 0.273. The molecule has 0 unspecified atom stereocenters. The van der Waals surface area contributed by atoms with Gasteiger partial charge in [-0.3, -0.25) is 10.1 Å². The molecule has 0 radical (unpaired) electrons. The Kier molecular flexibility index (Phi) is 3.35. The third kappa shape index (κ3) is 2.58. The maximum atomic E-state index is 12.0. The van der Waals surface area contributed by atoms with Crippen molar-refractivity contribution in [2.75, 3.05) is 5.32 Å². The van der Waals surface area contributed by atoms with Crippen LogP contribution in [0.15, 0.2) is 16.7 Å². The van der Waals surface area contributed by atoms with E-state index < -0.39 is 0 Å². The van der Waals surface area contributed by atoms with Gasteiger partial charge < -0.3 is 4.57 Å². The van der Waals surface area contributed by atoms with Crippen LogP contribution in [-0.2, 0) is 7.05 Å². The minimum Gasteiger partial charge on any atom is -0.345 e. The van der Waals surface area contributed by atoms with Crippen LogP contribution < -0.4 is 5.32 Å². The van der Waals surface area contributed by atoms with Crippen LogP contribution in [0.5, 0.6) is 0 Å². The molecule has 0 aromatic carbocycles. The molecular weight excluding hydrogens is 302 g/mol. The second-order valence-electron chi connectivity index (χ2n) is 3.77.